The second kappa shape index (κ2) is 12.6. The van der Waals surface area contributed by atoms with Gasteiger partial charge in [-0.1, -0.05) is 32.9 Å². The number of pyridine rings is 1. The smallest absolute Gasteiger partial charge is 0.261 e. The number of aromatic nitrogens is 3. The number of fused-ring (bicyclic) bond motifs is 3. The Hall–Kier alpha value is -4.47. The molecular weight excluding hydrogens is 593 g/mol. The molecule has 4 aliphatic rings. The topological polar surface area (TPSA) is 87.9 Å². The van der Waals surface area contributed by atoms with Crippen LogP contribution >= 0.6 is 0 Å². The van der Waals surface area contributed by atoms with Gasteiger partial charge in [-0.3, -0.25) is 9.36 Å². The number of hydrogen-bond acceptors (Lipinski definition) is 6. The van der Waals surface area contributed by atoms with E-state index in [2.05, 4.69) is 51.9 Å². The zero-order valence-corrected chi connectivity index (χ0v) is 27.7. The Balaban J connectivity index is 1.11. The lowest BCUT2D eigenvalue weighted by Gasteiger charge is -2.61. The predicted molar refractivity (Wildman–Crippen MR) is 185 cm³/mol. The van der Waals surface area contributed by atoms with Crippen LogP contribution in [0, 0.1) is 29.0 Å². The summed E-state index contributed by atoms with van der Waals surface area (Å²) in [5.41, 5.74) is 2.24. The Morgan fingerprint density at radius 3 is 2.60 bits per heavy atom. The van der Waals surface area contributed by atoms with E-state index in [4.69, 9.17) is 9.73 Å². The van der Waals surface area contributed by atoms with E-state index in [9.17, 15) is 9.18 Å². The second-order valence-electron chi connectivity index (χ2n) is 13.9. The minimum Gasteiger partial charge on any atom is -0.497 e. The van der Waals surface area contributed by atoms with E-state index in [1.165, 1.54) is 19.6 Å². The first-order chi connectivity index (χ1) is 22.7. The van der Waals surface area contributed by atoms with Crippen LogP contribution in [-0.4, -0.2) is 64.7 Å². The average molecular weight is 638 g/mol. The van der Waals surface area contributed by atoms with E-state index in [1.807, 2.05) is 36.5 Å². The predicted octanol–water partition coefficient (Wildman–Crippen LogP) is 5.84. The molecule has 4 fully saturated rings. The molecule has 3 heterocycles. The monoisotopic (exact) mass is 637 g/mol. The summed E-state index contributed by atoms with van der Waals surface area (Å²) in [5, 5.41) is 4.18. The molecule has 4 atom stereocenters. The molecule has 0 unspecified atom stereocenters. The highest BCUT2D eigenvalue weighted by Crippen LogP contribution is 2.61. The maximum absolute atomic E-state index is 14.5. The quantitative estimate of drug-likeness (QED) is 0.201. The van der Waals surface area contributed by atoms with Gasteiger partial charge in [-0.05, 0) is 84.4 Å². The lowest BCUT2D eigenvalue weighted by molar-refractivity contribution is -0.108. The first-order valence-corrected chi connectivity index (χ1v) is 16.8. The number of halogens is 1. The van der Waals surface area contributed by atoms with Gasteiger partial charge in [-0.25, -0.2) is 19.4 Å². The highest BCUT2D eigenvalue weighted by molar-refractivity contribution is 5.96. The van der Waals surface area contributed by atoms with Gasteiger partial charge < -0.3 is 19.9 Å². The number of piperazine rings is 1. The fraction of sp³-hybridized carbons (Fsp3) is 0.459. The molecule has 2 bridgehead atoms. The van der Waals surface area contributed by atoms with Crippen LogP contribution in [0.4, 0.5) is 15.9 Å². The standard InChI is InChI=1S/C37H44FN7O2/c1-24-30-19-26(37(30,2)3)20-32(24)42-36(44-17-15-43(16-18-44)34-7-5-6-13-39-34)41-27-9-11-29-33(21-27)40-23-45(35(29)46)14-12-25-8-10-28(47-4)22-31(25)38/h5-11,13,21-24,26,30,32H,12,14-20H2,1-4H3,(H,41,42)/t24-,26-,30+,32-/m0/s1. The number of nitrogens with one attached hydrogen (secondary N) is 1. The van der Waals surface area contributed by atoms with E-state index in [0.29, 0.717) is 58.4 Å². The molecule has 0 spiro atoms. The molecule has 2 aromatic heterocycles. The molecule has 10 heteroatoms. The summed E-state index contributed by atoms with van der Waals surface area (Å²) >= 11 is 0. The van der Waals surface area contributed by atoms with Gasteiger partial charge in [-0.2, -0.15) is 0 Å². The van der Waals surface area contributed by atoms with Crippen molar-refractivity contribution in [2.24, 2.45) is 28.2 Å². The van der Waals surface area contributed by atoms with E-state index in [-0.39, 0.29) is 17.4 Å². The molecule has 246 valence electrons. The van der Waals surface area contributed by atoms with E-state index in [1.54, 1.807) is 23.0 Å². The number of ether oxygens (including phenoxy) is 1. The molecule has 0 radical (unpaired) electrons. The van der Waals surface area contributed by atoms with Gasteiger partial charge in [0.1, 0.15) is 17.4 Å². The normalized spacial score (nSPS) is 23.8. The largest absolute Gasteiger partial charge is 0.497 e. The van der Waals surface area contributed by atoms with Crippen molar-refractivity contribution >= 4 is 28.4 Å². The van der Waals surface area contributed by atoms with Crippen molar-refractivity contribution in [2.75, 3.05) is 43.5 Å². The van der Waals surface area contributed by atoms with Gasteiger partial charge in [0.25, 0.3) is 5.56 Å². The fourth-order valence-corrected chi connectivity index (χ4v) is 7.95. The van der Waals surface area contributed by atoms with Gasteiger partial charge >= 0.3 is 0 Å². The maximum atomic E-state index is 14.5. The summed E-state index contributed by atoms with van der Waals surface area (Å²) in [6.45, 7) is 10.9. The Bertz CT molecular complexity index is 1830. The molecule has 0 amide bonds. The van der Waals surface area contributed by atoms with Gasteiger partial charge in [0.2, 0.25) is 0 Å². The maximum Gasteiger partial charge on any atom is 0.261 e. The minimum atomic E-state index is -0.346. The van der Waals surface area contributed by atoms with Crippen LogP contribution in [0.1, 0.15) is 39.2 Å². The average Bonchev–Trinajstić information content (AvgIpc) is 3.09. The number of guanidine groups is 1. The van der Waals surface area contributed by atoms with Gasteiger partial charge in [0.15, 0.2) is 5.96 Å². The molecule has 1 N–H and O–H groups in total. The number of nitrogens with zero attached hydrogens (tertiary/aromatic N) is 6. The van der Waals surface area contributed by atoms with E-state index < -0.39 is 0 Å². The highest BCUT2D eigenvalue weighted by Gasteiger charge is 2.56. The third-order valence-electron chi connectivity index (χ3n) is 11.1. The van der Waals surface area contributed by atoms with Crippen LogP contribution in [0.5, 0.6) is 5.75 Å². The number of benzene rings is 2. The van der Waals surface area contributed by atoms with Crippen molar-refractivity contribution in [1.82, 2.24) is 19.4 Å². The Morgan fingerprint density at radius 2 is 1.89 bits per heavy atom. The number of aliphatic imine (C=N–C) groups is 1. The lowest BCUT2D eigenvalue weighted by Crippen LogP contribution is -2.57. The Labute approximate surface area is 275 Å². The van der Waals surface area contributed by atoms with Crippen LogP contribution in [0.25, 0.3) is 10.9 Å². The van der Waals surface area contributed by atoms with Crippen molar-refractivity contribution in [3.05, 3.63) is 88.9 Å². The second-order valence-corrected chi connectivity index (χ2v) is 13.9. The van der Waals surface area contributed by atoms with Crippen molar-refractivity contribution < 1.29 is 9.13 Å². The molecular formula is C37H44FN7O2. The van der Waals surface area contributed by atoms with Crippen LogP contribution in [0.3, 0.4) is 0 Å². The molecule has 2 aromatic carbocycles. The summed E-state index contributed by atoms with van der Waals surface area (Å²) in [7, 11) is 1.51. The summed E-state index contributed by atoms with van der Waals surface area (Å²) in [6, 6.07) is 16.8. The molecule has 8 rings (SSSR count). The number of rotatable bonds is 7. The third-order valence-corrected chi connectivity index (χ3v) is 11.1. The molecule has 1 aliphatic heterocycles. The van der Waals surface area contributed by atoms with Crippen LogP contribution in [0.15, 0.2) is 76.9 Å². The summed E-state index contributed by atoms with van der Waals surface area (Å²) in [5.74, 6) is 3.94. The minimum absolute atomic E-state index is 0.145. The molecule has 47 heavy (non-hydrogen) atoms. The van der Waals surface area contributed by atoms with Gasteiger partial charge in [0.05, 0.1) is 30.4 Å². The molecule has 3 saturated carbocycles. The summed E-state index contributed by atoms with van der Waals surface area (Å²) < 4.78 is 21.1. The highest BCUT2D eigenvalue weighted by atomic mass is 19.1. The number of hydrogen-bond donors (Lipinski definition) is 1. The number of methoxy groups -OCH3 is 1. The van der Waals surface area contributed by atoms with Gasteiger partial charge in [0, 0.05) is 50.7 Å². The first-order valence-electron chi connectivity index (χ1n) is 16.8. The van der Waals surface area contributed by atoms with Crippen molar-refractivity contribution in [2.45, 2.75) is 52.6 Å². The van der Waals surface area contributed by atoms with Crippen LogP contribution in [-0.2, 0) is 13.0 Å². The number of anilines is 2. The molecule has 1 saturated heterocycles. The summed E-state index contributed by atoms with van der Waals surface area (Å²) in [4.78, 5) is 32.7. The van der Waals surface area contributed by atoms with Crippen molar-refractivity contribution in [3.8, 4) is 5.75 Å². The third kappa shape index (κ3) is 6.05. The van der Waals surface area contributed by atoms with Crippen molar-refractivity contribution in [1.29, 1.82) is 0 Å². The molecule has 9 nitrogen and oxygen atoms in total. The number of aryl methyl sites for hydroxylation is 2. The Kier molecular flexibility index (Phi) is 8.36. The van der Waals surface area contributed by atoms with Crippen LogP contribution < -0.4 is 20.5 Å². The zero-order valence-electron chi connectivity index (χ0n) is 27.7. The van der Waals surface area contributed by atoms with Crippen molar-refractivity contribution in [3.63, 3.8) is 0 Å². The Morgan fingerprint density at radius 1 is 1.06 bits per heavy atom. The van der Waals surface area contributed by atoms with Gasteiger partial charge in [-0.15, -0.1) is 0 Å². The summed E-state index contributed by atoms with van der Waals surface area (Å²) in [6.07, 6.45) is 6.20. The SMILES string of the molecule is COc1ccc(CCn2cnc3cc(NC(=N[C@H]4C[C@@H]5C[C@H]([C@@H]4C)C5(C)C)N4CCN(c5ccccn5)CC4)ccc3c2=O)c(F)c1. The lowest BCUT2D eigenvalue weighted by atomic mass is 9.45. The zero-order chi connectivity index (χ0) is 32.7. The fourth-order valence-electron chi connectivity index (χ4n) is 7.95. The molecule has 4 aromatic rings. The molecule has 3 aliphatic carbocycles. The van der Waals surface area contributed by atoms with E-state index >= 15 is 0 Å². The van der Waals surface area contributed by atoms with Crippen LogP contribution in [0.2, 0.25) is 0 Å². The first kappa shape index (κ1) is 31.1. The van der Waals surface area contributed by atoms with E-state index in [0.717, 1.165) is 50.1 Å².